The van der Waals surface area contributed by atoms with Gasteiger partial charge in [0.05, 0.1) is 13.0 Å². The first kappa shape index (κ1) is 12.5. The fraction of sp³-hybridized carbons (Fsp3) is 0.909. The average molecular weight is 214 g/mol. The van der Waals surface area contributed by atoms with Gasteiger partial charge >= 0.3 is 5.97 Å². The molecule has 3 unspecified atom stereocenters. The molecule has 1 saturated heterocycles. The Bertz CT molecular complexity index is 221. The molecule has 0 amide bonds. The van der Waals surface area contributed by atoms with Crippen molar-refractivity contribution < 1.29 is 9.53 Å². The first-order chi connectivity index (χ1) is 7.08. The highest BCUT2D eigenvalue weighted by molar-refractivity contribution is 5.72. The summed E-state index contributed by atoms with van der Waals surface area (Å²) in [4.78, 5) is 13.8. The second-order valence-corrected chi connectivity index (χ2v) is 4.43. The number of esters is 1. The van der Waals surface area contributed by atoms with Crippen molar-refractivity contribution in [2.45, 2.75) is 38.8 Å². The number of carbonyl (C=O) groups excluding carboxylic acids is 1. The Labute approximate surface area is 91.8 Å². The molecule has 1 heterocycles. The highest BCUT2D eigenvalue weighted by Gasteiger charge is 2.31. The molecule has 3 atom stereocenters. The molecule has 0 aromatic carbocycles. The van der Waals surface area contributed by atoms with Crippen molar-refractivity contribution in [3.05, 3.63) is 0 Å². The van der Waals surface area contributed by atoms with Crippen LogP contribution in [0.4, 0.5) is 0 Å². The van der Waals surface area contributed by atoms with E-state index in [1.54, 1.807) is 0 Å². The summed E-state index contributed by atoms with van der Waals surface area (Å²) in [6, 6.07) is 0.584. The van der Waals surface area contributed by atoms with Crippen LogP contribution < -0.4 is 5.73 Å². The van der Waals surface area contributed by atoms with Crippen LogP contribution in [0, 0.1) is 5.92 Å². The van der Waals surface area contributed by atoms with E-state index in [9.17, 15) is 4.79 Å². The zero-order valence-electron chi connectivity index (χ0n) is 9.90. The van der Waals surface area contributed by atoms with Crippen LogP contribution in [0.1, 0.15) is 26.7 Å². The van der Waals surface area contributed by atoms with Crippen molar-refractivity contribution in [2.24, 2.45) is 11.7 Å². The molecule has 1 aliphatic heterocycles. The van der Waals surface area contributed by atoms with Crippen molar-refractivity contribution in [1.29, 1.82) is 0 Å². The molecular weight excluding hydrogens is 192 g/mol. The Hall–Kier alpha value is -0.610. The molecule has 0 saturated carbocycles. The molecule has 2 N–H and O–H groups in total. The van der Waals surface area contributed by atoms with E-state index in [2.05, 4.69) is 18.7 Å². The third-order valence-corrected chi connectivity index (χ3v) is 3.26. The summed E-state index contributed by atoms with van der Waals surface area (Å²) in [6.07, 6.45) is 1.83. The van der Waals surface area contributed by atoms with E-state index in [0.717, 1.165) is 25.9 Å². The maximum absolute atomic E-state index is 11.5. The minimum atomic E-state index is -0.126. The summed E-state index contributed by atoms with van der Waals surface area (Å²) in [5, 5.41) is 0. The largest absolute Gasteiger partial charge is 0.469 e. The number of rotatable bonds is 3. The van der Waals surface area contributed by atoms with Gasteiger partial charge in [-0.15, -0.1) is 0 Å². The minimum absolute atomic E-state index is 0.0484. The summed E-state index contributed by atoms with van der Waals surface area (Å²) in [7, 11) is 1.44. The van der Waals surface area contributed by atoms with E-state index in [1.807, 2.05) is 0 Å². The van der Waals surface area contributed by atoms with Crippen LogP contribution in [-0.2, 0) is 9.53 Å². The number of ether oxygens (including phenoxy) is 1. The molecule has 1 rings (SSSR count). The Kier molecular flexibility index (Phi) is 4.54. The number of hydrogen-bond acceptors (Lipinski definition) is 4. The summed E-state index contributed by atoms with van der Waals surface area (Å²) >= 11 is 0. The maximum Gasteiger partial charge on any atom is 0.310 e. The van der Waals surface area contributed by atoms with Crippen LogP contribution in [0.2, 0.25) is 0 Å². The minimum Gasteiger partial charge on any atom is -0.469 e. The predicted octanol–water partition coefficient (Wildman–Crippen LogP) is 0.607. The molecule has 88 valence electrons. The Morgan fingerprint density at radius 1 is 1.60 bits per heavy atom. The van der Waals surface area contributed by atoms with Crippen LogP contribution in [0.5, 0.6) is 0 Å². The van der Waals surface area contributed by atoms with Gasteiger partial charge < -0.3 is 10.5 Å². The zero-order valence-corrected chi connectivity index (χ0v) is 9.90. The van der Waals surface area contributed by atoms with Gasteiger partial charge in [-0.25, -0.2) is 0 Å². The van der Waals surface area contributed by atoms with Gasteiger partial charge in [0.15, 0.2) is 0 Å². The molecule has 0 radical (unpaired) electrons. The van der Waals surface area contributed by atoms with E-state index in [1.165, 1.54) is 7.11 Å². The Morgan fingerprint density at radius 3 is 2.80 bits per heavy atom. The molecule has 4 heteroatoms. The summed E-state index contributed by atoms with van der Waals surface area (Å²) in [6.45, 7) is 6.00. The van der Waals surface area contributed by atoms with Crippen molar-refractivity contribution in [3.63, 3.8) is 0 Å². The van der Waals surface area contributed by atoms with Gasteiger partial charge in [0, 0.05) is 25.2 Å². The lowest BCUT2D eigenvalue weighted by atomic mass is 9.93. The lowest BCUT2D eigenvalue weighted by Crippen LogP contribution is -2.52. The average Bonchev–Trinajstić information content (AvgIpc) is 2.26. The van der Waals surface area contributed by atoms with Crippen molar-refractivity contribution in [3.8, 4) is 0 Å². The van der Waals surface area contributed by atoms with Gasteiger partial charge in [-0.2, -0.15) is 0 Å². The van der Waals surface area contributed by atoms with Crippen LogP contribution in [-0.4, -0.2) is 43.2 Å². The summed E-state index contributed by atoms with van der Waals surface area (Å²) in [5.74, 6) is -0.175. The summed E-state index contributed by atoms with van der Waals surface area (Å²) in [5.41, 5.74) is 5.95. The molecule has 0 bridgehead atoms. The fourth-order valence-corrected chi connectivity index (χ4v) is 2.13. The van der Waals surface area contributed by atoms with Crippen LogP contribution in [0.25, 0.3) is 0 Å². The van der Waals surface area contributed by atoms with Crippen LogP contribution >= 0.6 is 0 Å². The van der Waals surface area contributed by atoms with Gasteiger partial charge in [-0.1, -0.05) is 6.92 Å². The predicted molar refractivity (Wildman–Crippen MR) is 59.4 cm³/mol. The Balaban J connectivity index is 2.59. The topological polar surface area (TPSA) is 55.6 Å². The molecule has 0 aromatic rings. The van der Waals surface area contributed by atoms with Gasteiger partial charge in [-0.3, -0.25) is 9.69 Å². The molecule has 0 aliphatic carbocycles. The molecule has 1 aliphatic rings. The molecule has 0 aromatic heterocycles. The van der Waals surface area contributed by atoms with Gasteiger partial charge in [0.2, 0.25) is 0 Å². The molecule has 15 heavy (non-hydrogen) atoms. The van der Waals surface area contributed by atoms with Crippen LogP contribution in [0.3, 0.4) is 0 Å². The number of methoxy groups -OCH3 is 1. The van der Waals surface area contributed by atoms with Gasteiger partial charge in [0.25, 0.3) is 0 Å². The maximum atomic E-state index is 11.5. The molecule has 0 spiro atoms. The quantitative estimate of drug-likeness (QED) is 0.699. The number of carbonyl (C=O) groups is 1. The number of piperidine rings is 1. The van der Waals surface area contributed by atoms with E-state index in [4.69, 9.17) is 10.5 Å². The third-order valence-electron chi connectivity index (χ3n) is 3.26. The van der Waals surface area contributed by atoms with Crippen molar-refractivity contribution in [1.82, 2.24) is 4.90 Å². The highest BCUT2D eigenvalue weighted by atomic mass is 16.5. The van der Waals surface area contributed by atoms with E-state index in [-0.39, 0.29) is 17.9 Å². The number of hydrogen-bond donors (Lipinski definition) is 1. The molecular formula is C11H22N2O2. The first-order valence-electron chi connectivity index (χ1n) is 5.65. The van der Waals surface area contributed by atoms with E-state index >= 15 is 0 Å². The monoisotopic (exact) mass is 214 g/mol. The zero-order chi connectivity index (χ0) is 11.4. The SMILES string of the molecule is CCC(C)N1CC(N)CC(C(=O)OC)C1. The molecule has 1 fully saturated rings. The lowest BCUT2D eigenvalue weighted by Gasteiger charge is -2.38. The van der Waals surface area contributed by atoms with E-state index in [0.29, 0.717) is 6.04 Å². The van der Waals surface area contributed by atoms with E-state index < -0.39 is 0 Å². The standard InChI is InChI=1S/C11H22N2O2/c1-4-8(2)13-6-9(11(14)15-3)5-10(12)7-13/h8-10H,4-7,12H2,1-3H3. The second-order valence-electron chi connectivity index (χ2n) is 4.43. The normalized spacial score (nSPS) is 29.9. The second kappa shape index (κ2) is 5.47. The summed E-state index contributed by atoms with van der Waals surface area (Å²) < 4.78 is 4.78. The Morgan fingerprint density at radius 2 is 2.27 bits per heavy atom. The number of likely N-dealkylation sites (tertiary alicyclic amines) is 1. The number of nitrogens with zero attached hydrogens (tertiary/aromatic N) is 1. The van der Waals surface area contributed by atoms with Crippen molar-refractivity contribution >= 4 is 5.97 Å². The number of nitrogens with two attached hydrogens (primary N) is 1. The molecule has 4 nitrogen and oxygen atoms in total. The third kappa shape index (κ3) is 3.18. The van der Waals surface area contributed by atoms with Gasteiger partial charge in [0.1, 0.15) is 0 Å². The fourth-order valence-electron chi connectivity index (χ4n) is 2.13. The smallest absolute Gasteiger partial charge is 0.310 e. The van der Waals surface area contributed by atoms with Crippen LogP contribution in [0.15, 0.2) is 0 Å². The highest BCUT2D eigenvalue weighted by Crippen LogP contribution is 2.19. The van der Waals surface area contributed by atoms with Crippen molar-refractivity contribution in [2.75, 3.05) is 20.2 Å². The lowest BCUT2D eigenvalue weighted by molar-refractivity contribution is -0.147. The van der Waals surface area contributed by atoms with Gasteiger partial charge in [-0.05, 0) is 19.8 Å². The first-order valence-corrected chi connectivity index (χ1v) is 5.65.